The van der Waals surface area contributed by atoms with Crippen molar-refractivity contribution in [3.63, 3.8) is 0 Å². The van der Waals surface area contributed by atoms with E-state index in [-0.39, 0.29) is 18.0 Å². The number of nitrogens with zero attached hydrogens (tertiary/aromatic N) is 2. The minimum atomic E-state index is -0.326. The SMILES string of the molecule is CCC1C(=O)N(c2ccccc2)C(=O)N1C. The molecular weight excluding hydrogens is 204 g/mol. The van der Waals surface area contributed by atoms with Crippen LogP contribution < -0.4 is 4.90 Å². The molecule has 84 valence electrons. The largest absolute Gasteiger partial charge is 0.331 e. The lowest BCUT2D eigenvalue weighted by molar-refractivity contribution is -0.119. The third-order valence-corrected chi connectivity index (χ3v) is 2.87. The van der Waals surface area contributed by atoms with Crippen molar-refractivity contribution in [2.75, 3.05) is 11.9 Å². The van der Waals surface area contributed by atoms with E-state index < -0.39 is 0 Å². The molecule has 0 bridgehead atoms. The fourth-order valence-electron chi connectivity index (χ4n) is 1.96. The highest BCUT2D eigenvalue weighted by atomic mass is 16.2. The average Bonchev–Trinajstić information content (AvgIpc) is 2.51. The molecule has 1 fully saturated rings. The van der Waals surface area contributed by atoms with Crippen LogP contribution in [0, 0.1) is 0 Å². The Balaban J connectivity index is 2.37. The molecule has 4 nitrogen and oxygen atoms in total. The van der Waals surface area contributed by atoms with E-state index in [2.05, 4.69) is 0 Å². The number of carbonyl (C=O) groups excluding carboxylic acids is 2. The Labute approximate surface area is 94.5 Å². The number of amides is 3. The number of urea groups is 1. The van der Waals surface area contributed by atoms with Gasteiger partial charge in [0.05, 0.1) is 5.69 Å². The molecule has 1 aliphatic rings. The summed E-state index contributed by atoms with van der Waals surface area (Å²) in [5.74, 6) is -0.138. The molecule has 1 unspecified atom stereocenters. The number of anilines is 1. The van der Waals surface area contributed by atoms with E-state index in [0.717, 1.165) is 0 Å². The highest BCUT2D eigenvalue weighted by Crippen LogP contribution is 2.24. The van der Waals surface area contributed by atoms with Crippen molar-refractivity contribution in [2.45, 2.75) is 19.4 Å². The van der Waals surface area contributed by atoms with Crippen LogP contribution >= 0.6 is 0 Å². The summed E-state index contributed by atoms with van der Waals surface area (Å²) in [5.41, 5.74) is 0.639. The maximum absolute atomic E-state index is 12.0. The Bertz CT molecular complexity index is 416. The summed E-state index contributed by atoms with van der Waals surface area (Å²) < 4.78 is 0. The molecule has 1 saturated heterocycles. The Morgan fingerprint density at radius 3 is 2.31 bits per heavy atom. The molecule has 2 rings (SSSR count). The molecule has 1 heterocycles. The van der Waals surface area contributed by atoms with Gasteiger partial charge in [0.25, 0.3) is 5.91 Å². The first-order valence-corrected chi connectivity index (χ1v) is 5.32. The van der Waals surface area contributed by atoms with Gasteiger partial charge >= 0.3 is 6.03 Å². The number of imide groups is 1. The molecule has 4 heteroatoms. The number of hydrogen-bond donors (Lipinski definition) is 0. The summed E-state index contributed by atoms with van der Waals surface area (Å²) in [6.45, 7) is 1.90. The molecule has 0 N–H and O–H groups in total. The number of para-hydroxylation sites is 1. The molecule has 1 aromatic rings. The van der Waals surface area contributed by atoms with Gasteiger partial charge in [-0.05, 0) is 18.6 Å². The van der Waals surface area contributed by atoms with Crippen molar-refractivity contribution < 1.29 is 9.59 Å². The molecule has 16 heavy (non-hydrogen) atoms. The van der Waals surface area contributed by atoms with Gasteiger partial charge in [0, 0.05) is 7.05 Å². The normalized spacial score (nSPS) is 20.8. The topological polar surface area (TPSA) is 40.6 Å². The second-order valence-corrected chi connectivity index (χ2v) is 3.83. The van der Waals surface area contributed by atoms with Crippen LogP contribution in [0.15, 0.2) is 30.3 Å². The van der Waals surface area contributed by atoms with Gasteiger partial charge in [-0.1, -0.05) is 25.1 Å². The highest BCUT2D eigenvalue weighted by molar-refractivity contribution is 6.21. The Kier molecular flexibility index (Phi) is 2.64. The van der Waals surface area contributed by atoms with Gasteiger partial charge in [-0.15, -0.1) is 0 Å². The van der Waals surface area contributed by atoms with E-state index in [1.807, 2.05) is 25.1 Å². The van der Waals surface area contributed by atoms with Crippen LogP contribution in [0.25, 0.3) is 0 Å². The molecule has 1 aromatic carbocycles. The lowest BCUT2D eigenvalue weighted by Gasteiger charge is -2.13. The van der Waals surface area contributed by atoms with Crippen molar-refractivity contribution in [1.82, 2.24) is 4.90 Å². The first-order chi connectivity index (χ1) is 7.66. The monoisotopic (exact) mass is 218 g/mol. The fourth-order valence-corrected chi connectivity index (χ4v) is 1.96. The molecule has 0 radical (unpaired) electrons. The summed E-state index contributed by atoms with van der Waals surface area (Å²) in [7, 11) is 1.66. The van der Waals surface area contributed by atoms with Gasteiger partial charge in [-0.2, -0.15) is 0 Å². The van der Waals surface area contributed by atoms with E-state index in [1.54, 1.807) is 19.2 Å². The molecule has 1 atom stereocenters. The molecule has 0 spiro atoms. The van der Waals surface area contributed by atoms with E-state index in [4.69, 9.17) is 0 Å². The predicted molar refractivity (Wildman–Crippen MR) is 61.2 cm³/mol. The van der Waals surface area contributed by atoms with Crippen LogP contribution in [-0.4, -0.2) is 29.9 Å². The van der Waals surface area contributed by atoms with Gasteiger partial charge < -0.3 is 4.90 Å². The smallest absolute Gasteiger partial charge is 0.315 e. The van der Waals surface area contributed by atoms with Crippen molar-refractivity contribution in [3.05, 3.63) is 30.3 Å². The van der Waals surface area contributed by atoms with E-state index in [1.165, 1.54) is 9.80 Å². The summed E-state index contributed by atoms with van der Waals surface area (Å²) in [6.07, 6.45) is 0.643. The Morgan fingerprint density at radius 1 is 1.19 bits per heavy atom. The maximum atomic E-state index is 12.0. The first-order valence-electron chi connectivity index (χ1n) is 5.32. The molecule has 0 aromatic heterocycles. The van der Waals surface area contributed by atoms with Crippen LogP contribution in [-0.2, 0) is 4.79 Å². The third-order valence-electron chi connectivity index (χ3n) is 2.87. The zero-order valence-corrected chi connectivity index (χ0v) is 9.38. The van der Waals surface area contributed by atoms with Crippen LogP contribution in [0.2, 0.25) is 0 Å². The zero-order chi connectivity index (χ0) is 11.7. The minimum Gasteiger partial charge on any atom is -0.315 e. The van der Waals surface area contributed by atoms with Crippen molar-refractivity contribution in [3.8, 4) is 0 Å². The van der Waals surface area contributed by atoms with Gasteiger partial charge in [0.1, 0.15) is 6.04 Å². The van der Waals surface area contributed by atoms with Gasteiger partial charge in [0.15, 0.2) is 0 Å². The summed E-state index contributed by atoms with van der Waals surface area (Å²) in [6, 6.07) is 8.44. The predicted octanol–water partition coefficient (Wildman–Crippen LogP) is 1.86. The number of hydrogen-bond acceptors (Lipinski definition) is 2. The summed E-state index contributed by atoms with van der Waals surface area (Å²) in [4.78, 5) is 26.7. The quantitative estimate of drug-likeness (QED) is 0.711. The molecule has 0 aliphatic carbocycles. The molecule has 1 aliphatic heterocycles. The first kappa shape index (κ1) is 10.7. The maximum Gasteiger partial charge on any atom is 0.331 e. The highest BCUT2D eigenvalue weighted by Gasteiger charge is 2.42. The number of benzene rings is 1. The van der Waals surface area contributed by atoms with Crippen LogP contribution in [0.3, 0.4) is 0 Å². The van der Waals surface area contributed by atoms with Gasteiger partial charge in [-0.25, -0.2) is 9.69 Å². The van der Waals surface area contributed by atoms with E-state index in [9.17, 15) is 9.59 Å². The summed E-state index contributed by atoms with van der Waals surface area (Å²) >= 11 is 0. The summed E-state index contributed by atoms with van der Waals surface area (Å²) in [5, 5.41) is 0. The Morgan fingerprint density at radius 2 is 1.81 bits per heavy atom. The van der Waals surface area contributed by atoms with Crippen LogP contribution in [0.4, 0.5) is 10.5 Å². The van der Waals surface area contributed by atoms with Gasteiger partial charge in [-0.3, -0.25) is 4.79 Å². The second-order valence-electron chi connectivity index (χ2n) is 3.83. The van der Waals surface area contributed by atoms with E-state index in [0.29, 0.717) is 12.1 Å². The van der Waals surface area contributed by atoms with E-state index >= 15 is 0 Å². The third kappa shape index (κ3) is 1.46. The average molecular weight is 218 g/mol. The second kappa shape index (κ2) is 3.96. The van der Waals surface area contributed by atoms with Crippen LogP contribution in [0.5, 0.6) is 0 Å². The lowest BCUT2D eigenvalue weighted by atomic mass is 10.2. The van der Waals surface area contributed by atoms with Crippen LogP contribution in [0.1, 0.15) is 13.3 Å². The fraction of sp³-hybridized carbons (Fsp3) is 0.333. The standard InChI is InChI=1S/C12H14N2O2/c1-3-10-11(15)14(12(16)13(10)2)9-7-5-4-6-8-9/h4-8,10H,3H2,1-2H3. The number of carbonyl (C=O) groups is 2. The number of rotatable bonds is 2. The minimum absolute atomic E-state index is 0.138. The Hall–Kier alpha value is -1.84. The zero-order valence-electron chi connectivity index (χ0n) is 9.38. The molecular formula is C12H14N2O2. The van der Waals surface area contributed by atoms with Crippen molar-refractivity contribution in [1.29, 1.82) is 0 Å². The lowest BCUT2D eigenvalue weighted by Crippen LogP contribution is -2.31. The number of likely N-dealkylation sites (N-methyl/N-ethyl adjacent to an activating group) is 1. The van der Waals surface area contributed by atoms with Gasteiger partial charge in [0.2, 0.25) is 0 Å². The molecule has 3 amide bonds. The van der Waals surface area contributed by atoms with Crippen molar-refractivity contribution in [2.24, 2.45) is 0 Å². The molecule has 0 saturated carbocycles. The van der Waals surface area contributed by atoms with Crippen molar-refractivity contribution >= 4 is 17.6 Å².